The molecule has 0 saturated carbocycles. The van der Waals surface area contributed by atoms with E-state index in [0.29, 0.717) is 0 Å². The van der Waals surface area contributed by atoms with E-state index in [0.717, 1.165) is 23.1 Å². The molecule has 1 heteroatoms. The molecule has 0 aromatic heterocycles. The third-order valence-corrected chi connectivity index (χ3v) is 2.47. The molecular formula is C13H15F. The first-order valence-corrected chi connectivity index (χ1v) is 4.88. The molecule has 0 nitrogen and oxygen atoms in total. The van der Waals surface area contributed by atoms with Gasteiger partial charge in [-0.1, -0.05) is 38.0 Å². The summed E-state index contributed by atoms with van der Waals surface area (Å²) in [6.45, 7) is 3.55. The first-order chi connectivity index (χ1) is 6.74. The third-order valence-electron chi connectivity index (χ3n) is 2.47. The predicted molar refractivity (Wildman–Crippen MR) is 58.1 cm³/mol. The van der Waals surface area contributed by atoms with Crippen LogP contribution in [0.3, 0.4) is 0 Å². The van der Waals surface area contributed by atoms with E-state index in [9.17, 15) is 4.39 Å². The van der Waals surface area contributed by atoms with E-state index >= 15 is 0 Å². The van der Waals surface area contributed by atoms with Crippen molar-refractivity contribution >= 4 is 0 Å². The summed E-state index contributed by atoms with van der Waals surface area (Å²) in [6.07, 6.45) is 6.34. The van der Waals surface area contributed by atoms with Crippen LogP contribution in [0.2, 0.25) is 0 Å². The Labute approximate surface area is 85.2 Å². The van der Waals surface area contributed by atoms with Gasteiger partial charge in [-0.3, -0.25) is 4.39 Å². The minimum Gasteiger partial charge on any atom is -0.250 e. The van der Waals surface area contributed by atoms with Gasteiger partial charge in [0.2, 0.25) is 0 Å². The Morgan fingerprint density at radius 2 is 2.21 bits per heavy atom. The quantitative estimate of drug-likeness (QED) is 0.641. The Kier molecular flexibility index (Phi) is 3.71. The van der Waals surface area contributed by atoms with Gasteiger partial charge in [-0.05, 0) is 17.5 Å². The van der Waals surface area contributed by atoms with Crippen molar-refractivity contribution in [2.24, 2.45) is 0 Å². The van der Waals surface area contributed by atoms with Gasteiger partial charge in [0.05, 0.1) is 6.67 Å². The van der Waals surface area contributed by atoms with Gasteiger partial charge in [0.15, 0.2) is 0 Å². The molecule has 0 bridgehead atoms. The molecule has 0 aliphatic heterocycles. The maximum absolute atomic E-state index is 12.6. The summed E-state index contributed by atoms with van der Waals surface area (Å²) < 4.78 is 12.6. The highest BCUT2D eigenvalue weighted by Crippen LogP contribution is 2.23. The Morgan fingerprint density at radius 3 is 2.71 bits per heavy atom. The van der Waals surface area contributed by atoms with Crippen LogP contribution in [0, 0.1) is 12.3 Å². The van der Waals surface area contributed by atoms with Crippen LogP contribution in [0.5, 0.6) is 0 Å². The molecule has 0 spiro atoms. The van der Waals surface area contributed by atoms with Crippen LogP contribution in [0.4, 0.5) is 4.39 Å². The summed E-state index contributed by atoms with van der Waals surface area (Å²) in [6, 6.07) is 5.86. The van der Waals surface area contributed by atoms with Crippen molar-refractivity contribution < 1.29 is 4.39 Å². The zero-order valence-electron chi connectivity index (χ0n) is 8.68. The SMILES string of the molecule is C#Cc1c(CC)cccc1C(C)CF. The van der Waals surface area contributed by atoms with Crippen LogP contribution in [0.15, 0.2) is 18.2 Å². The molecule has 74 valence electrons. The first kappa shape index (κ1) is 10.8. The topological polar surface area (TPSA) is 0 Å². The van der Waals surface area contributed by atoms with Gasteiger partial charge in [0, 0.05) is 11.5 Å². The standard InChI is InChI=1S/C13H15F/c1-4-11-7-6-8-13(10(3)9-14)12(11)5-2/h2,6-8,10H,4,9H2,1,3H3. The Hall–Kier alpha value is -1.29. The van der Waals surface area contributed by atoms with Crippen LogP contribution in [-0.2, 0) is 6.42 Å². The summed E-state index contributed by atoms with van der Waals surface area (Å²) in [5.74, 6) is 2.56. The molecule has 0 fully saturated rings. The molecule has 0 amide bonds. The lowest BCUT2D eigenvalue weighted by molar-refractivity contribution is 0.446. The van der Waals surface area contributed by atoms with Gasteiger partial charge in [-0.2, -0.15) is 0 Å². The second-order valence-electron chi connectivity index (χ2n) is 3.43. The Balaban J connectivity index is 3.23. The van der Waals surface area contributed by atoms with Crippen molar-refractivity contribution in [1.82, 2.24) is 0 Å². The molecule has 1 aromatic carbocycles. The van der Waals surface area contributed by atoms with Gasteiger partial charge in [0.1, 0.15) is 0 Å². The normalized spacial score (nSPS) is 12.1. The zero-order valence-corrected chi connectivity index (χ0v) is 8.68. The van der Waals surface area contributed by atoms with E-state index in [1.165, 1.54) is 0 Å². The predicted octanol–water partition coefficient (Wildman–Crippen LogP) is 3.30. The molecule has 0 saturated heterocycles. The number of benzene rings is 1. The Bertz CT molecular complexity index is 347. The van der Waals surface area contributed by atoms with Crippen LogP contribution in [0.1, 0.15) is 36.5 Å². The minimum absolute atomic E-state index is 0.104. The van der Waals surface area contributed by atoms with Gasteiger partial charge in [-0.15, -0.1) is 6.42 Å². The smallest absolute Gasteiger partial charge is 0.0960 e. The molecule has 0 heterocycles. The number of hydrogen-bond donors (Lipinski definition) is 0. The number of alkyl halides is 1. The summed E-state index contributed by atoms with van der Waals surface area (Å²) >= 11 is 0. The molecule has 1 unspecified atom stereocenters. The highest BCUT2D eigenvalue weighted by atomic mass is 19.1. The Morgan fingerprint density at radius 1 is 1.50 bits per heavy atom. The number of halogens is 1. The summed E-state index contributed by atoms with van der Waals surface area (Å²) in [4.78, 5) is 0. The van der Waals surface area contributed by atoms with E-state index in [4.69, 9.17) is 6.42 Å². The molecular weight excluding hydrogens is 175 g/mol. The van der Waals surface area contributed by atoms with E-state index in [1.807, 2.05) is 25.1 Å². The number of hydrogen-bond acceptors (Lipinski definition) is 0. The second kappa shape index (κ2) is 4.81. The van der Waals surface area contributed by atoms with Gasteiger partial charge in [-0.25, -0.2) is 0 Å². The van der Waals surface area contributed by atoms with Crippen LogP contribution in [-0.4, -0.2) is 6.67 Å². The highest BCUT2D eigenvalue weighted by Gasteiger charge is 2.11. The monoisotopic (exact) mass is 190 g/mol. The van der Waals surface area contributed by atoms with Gasteiger partial charge >= 0.3 is 0 Å². The second-order valence-corrected chi connectivity index (χ2v) is 3.43. The fourth-order valence-electron chi connectivity index (χ4n) is 1.58. The summed E-state index contributed by atoms with van der Waals surface area (Å²) in [5.41, 5.74) is 2.96. The number of rotatable bonds is 3. The number of aryl methyl sites for hydroxylation is 1. The maximum Gasteiger partial charge on any atom is 0.0960 e. The fraction of sp³-hybridized carbons (Fsp3) is 0.385. The summed E-state index contributed by atoms with van der Waals surface area (Å²) in [7, 11) is 0. The molecule has 0 N–H and O–H groups in total. The molecule has 1 atom stereocenters. The molecule has 0 radical (unpaired) electrons. The van der Waals surface area contributed by atoms with Crippen LogP contribution in [0.25, 0.3) is 0 Å². The third kappa shape index (κ3) is 1.96. The average molecular weight is 190 g/mol. The van der Waals surface area contributed by atoms with Gasteiger partial charge in [0.25, 0.3) is 0 Å². The first-order valence-electron chi connectivity index (χ1n) is 4.88. The molecule has 0 aliphatic rings. The van der Waals surface area contributed by atoms with E-state index < -0.39 is 0 Å². The van der Waals surface area contributed by atoms with Crippen LogP contribution >= 0.6 is 0 Å². The van der Waals surface area contributed by atoms with E-state index in [2.05, 4.69) is 12.8 Å². The molecule has 14 heavy (non-hydrogen) atoms. The van der Waals surface area contributed by atoms with E-state index in [-0.39, 0.29) is 12.6 Å². The van der Waals surface area contributed by atoms with Gasteiger partial charge < -0.3 is 0 Å². The van der Waals surface area contributed by atoms with Crippen molar-refractivity contribution in [3.05, 3.63) is 34.9 Å². The minimum atomic E-state index is -0.359. The van der Waals surface area contributed by atoms with Crippen molar-refractivity contribution in [3.63, 3.8) is 0 Å². The lowest BCUT2D eigenvalue weighted by Crippen LogP contribution is -2.01. The van der Waals surface area contributed by atoms with Crippen molar-refractivity contribution in [1.29, 1.82) is 0 Å². The number of terminal acetylenes is 1. The lowest BCUT2D eigenvalue weighted by atomic mass is 9.92. The molecule has 0 aliphatic carbocycles. The molecule has 1 aromatic rings. The fourth-order valence-corrected chi connectivity index (χ4v) is 1.58. The van der Waals surface area contributed by atoms with Crippen LogP contribution < -0.4 is 0 Å². The van der Waals surface area contributed by atoms with Crippen molar-refractivity contribution in [2.45, 2.75) is 26.2 Å². The largest absolute Gasteiger partial charge is 0.250 e. The molecule has 1 rings (SSSR count). The van der Waals surface area contributed by atoms with E-state index in [1.54, 1.807) is 0 Å². The van der Waals surface area contributed by atoms with Crippen molar-refractivity contribution in [3.8, 4) is 12.3 Å². The summed E-state index contributed by atoms with van der Waals surface area (Å²) in [5, 5.41) is 0. The highest BCUT2D eigenvalue weighted by molar-refractivity contribution is 5.47. The zero-order chi connectivity index (χ0) is 10.6. The van der Waals surface area contributed by atoms with Crippen molar-refractivity contribution in [2.75, 3.05) is 6.67 Å². The average Bonchev–Trinajstić information content (AvgIpc) is 2.26. The lowest BCUT2D eigenvalue weighted by Gasteiger charge is -2.12. The maximum atomic E-state index is 12.6.